The van der Waals surface area contributed by atoms with Crippen LogP contribution in [0.15, 0.2) is 24.3 Å². The van der Waals surface area contributed by atoms with E-state index >= 15 is 0 Å². The molecular weight excluding hydrogens is 365 g/mol. The summed E-state index contributed by atoms with van der Waals surface area (Å²) < 4.78 is 10.4. The van der Waals surface area contributed by atoms with Gasteiger partial charge in [-0.25, -0.2) is 0 Å². The summed E-state index contributed by atoms with van der Waals surface area (Å²) in [5.41, 5.74) is 1.13. The van der Waals surface area contributed by atoms with Crippen molar-refractivity contribution in [2.45, 2.75) is 6.42 Å². The van der Waals surface area contributed by atoms with Crippen LogP contribution >= 0.6 is 24.8 Å². The highest BCUT2D eigenvalue weighted by Gasteiger charge is 2.24. The van der Waals surface area contributed by atoms with Crippen LogP contribution in [-0.2, 0) is 9.53 Å². The van der Waals surface area contributed by atoms with Crippen molar-refractivity contribution in [2.24, 2.45) is 5.92 Å². The van der Waals surface area contributed by atoms with Gasteiger partial charge in [-0.2, -0.15) is 0 Å². The number of hydrogen-bond acceptors (Lipinski definition) is 5. The summed E-state index contributed by atoms with van der Waals surface area (Å²) in [6, 6.07) is 8.07. The first-order valence-corrected chi connectivity index (χ1v) is 8.09. The summed E-state index contributed by atoms with van der Waals surface area (Å²) in [7, 11) is 3.35. The Hall–Kier alpha value is -1.21. The zero-order valence-electron chi connectivity index (χ0n) is 14.8. The number of halogens is 2. The SMILES string of the molecule is COCCNCC(=O)NCC1CCN(c2ccccc2OC)C1.Cl.Cl. The maximum atomic E-state index is 11.8. The lowest BCUT2D eigenvalue weighted by Crippen LogP contribution is -2.38. The normalized spacial score (nSPS) is 15.9. The topological polar surface area (TPSA) is 62.8 Å². The summed E-state index contributed by atoms with van der Waals surface area (Å²) in [5, 5.41) is 6.05. The lowest BCUT2D eigenvalue weighted by Gasteiger charge is -2.21. The van der Waals surface area contributed by atoms with Gasteiger partial charge in [0.1, 0.15) is 5.75 Å². The van der Waals surface area contributed by atoms with E-state index in [2.05, 4.69) is 21.6 Å². The van der Waals surface area contributed by atoms with Crippen molar-refractivity contribution in [2.75, 3.05) is 58.5 Å². The summed E-state index contributed by atoms with van der Waals surface area (Å²) in [4.78, 5) is 14.1. The number of carbonyl (C=O) groups is 1. The third kappa shape index (κ3) is 7.69. The lowest BCUT2D eigenvalue weighted by atomic mass is 10.1. The highest BCUT2D eigenvalue weighted by atomic mass is 35.5. The molecule has 144 valence electrons. The minimum Gasteiger partial charge on any atom is -0.495 e. The van der Waals surface area contributed by atoms with E-state index in [1.807, 2.05) is 18.2 Å². The molecule has 0 saturated carbocycles. The first kappa shape index (κ1) is 23.8. The number of carbonyl (C=O) groups excluding carboxylic acids is 1. The molecule has 1 heterocycles. The van der Waals surface area contributed by atoms with Crippen LogP contribution in [0.2, 0.25) is 0 Å². The van der Waals surface area contributed by atoms with E-state index in [4.69, 9.17) is 9.47 Å². The molecular formula is C17H29Cl2N3O3. The van der Waals surface area contributed by atoms with E-state index in [1.54, 1.807) is 14.2 Å². The Bertz CT molecular complexity index is 506. The predicted molar refractivity (Wildman–Crippen MR) is 106 cm³/mol. The fourth-order valence-electron chi connectivity index (χ4n) is 2.81. The fraction of sp³-hybridized carbons (Fsp3) is 0.588. The van der Waals surface area contributed by atoms with Crippen LogP contribution in [0.1, 0.15) is 6.42 Å². The van der Waals surface area contributed by atoms with E-state index in [1.165, 1.54) is 0 Å². The van der Waals surface area contributed by atoms with Crippen LogP contribution < -0.4 is 20.3 Å². The average molecular weight is 394 g/mol. The van der Waals surface area contributed by atoms with Crippen LogP contribution in [0, 0.1) is 5.92 Å². The third-order valence-electron chi connectivity index (χ3n) is 4.07. The Balaban J connectivity index is 0.00000288. The second-order valence-electron chi connectivity index (χ2n) is 5.75. The largest absolute Gasteiger partial charge is 0.495 e. The van der Waals surface area contributed by atoms with Gasteiger partial charge in [0.2, 0.25) is 5.91 Å². The van der Waals surface area contributed by atoms with Gasteiger partial charge in [-0.05, 0) is 24.5 Å². The smallest absolute Gasteiger partial charge is 0.233 e. The van der Waals surface area contributed by atoms with Crippen LogP contribution in [0.25, 0.3) is 0 Å². The van der Waals surface area contributed by atoms with Gasteiger partial charge in [0, 0.05) is 33.3 Å². The second-order valence-corrected chi connectivity index (χ2v) is 5.75. The van der Waals surface area contributed by atoms with Gasteiger partial charge in [-0.3, -0.25) is 4.79 Å². The molecule has 1 aromatic carbocycles. The van der Waals surface area contributed by atoms with Gasteiger partial charge < -0.3 is 25.0 Å². The third-order valence-corrected chi connectivity index (χ3v) is 4.07. The van der Waals surface area contributed by atoms with E-state index < -0.39 is 0 Å². The number of nitrogens with one attached hydrogen (secondary N) is 2. The molecule has 0 radical (unpaired) electrons. The van der Waals surface area contributed by atoms with Gasteiger partial charge in [0.05, 0.1) is 25.9 Å². The molecule has 1 saturated heterocycles. The molecule has 1 fully saturated rings. The zero-order chi connectivity index (χ0) is 16.5. The standard InChI is InChI=1S/C17H27N3O3.2ClH/c1-22-10-8-18-12-17(21)19-11-14-7-9-20(13-14)15-5-3-4-6-16(15)23-2;;/h3-6,14,18H,7-13H2,1-2H3,(H,19,21);2*1H. The molecule has 1 unspecified atom stereocenters. The minimum atomic E-state index is 0. The number of nitrogens with zero attached hydrogens (tertiary/aromatic N) is 1. The van der Waals surface area contributed by atoms with E-state index in [0.717, 1.165) is 37.5 Å². The molecule has 1 aromatic rings. The molecule has 1 amide bonds. The molecule has 8 heteroatoms. The first-order valence-electron chi connectivity index (χ1n) is 8.09. The number of hydrogen-bond donors (Lipinski definition) is 2. The van der Waals surface area contributed by atoms with Crippen molar-refractivity contribution < 1.29 is 14.3 Å². The lowest BCUT2D eigenvalue weighted by molar-refractivity contribution is -0.120. The highest BCUT2D eigenvalue weighted by molar-refractivity contribution is 5.85. The van der Waals surface area contributed by atoms with Crippen molar-refractivity contribution in [1.29, 1.82) is 0 Å². The fourth-order valence-corrected chi connectivity index (χ4v) is 2.81. The Labute approximate surface area is 162 Å². The zero-order valence-corrected chi connectivity index (χ0v) is 16.5. The van der Waals surface area contributed by atoms with E-state index in [9.17, 15) is 4.79 Å². The van der Waals surface area contributed by atoms with Crippen LogP contribution in [-0.4, -0.2) is 59.5 Å². The molecule has 1 aliphatic rings. The van der Waals surface area contributed by atoms with Gasteiger partial charge >= 0.3 is 0 Å². The van der Waals surface area contributed by atoms with Crippen molar-refractivity contribution in [3.8, 4) is 5.75 Å². The Morgan fingerprint density at radius 2 is 2.04 bits per heavy atom. The van der Waals surface area contributed by atoms with Gasteiger partial charge in [0.25, 0.3) is 0 Å². The number of ether oxygens (including phenoxy) is 2. The maximum Gasteiger partial charge on any atom is 0.233 e. The first-order chi connectivity index (χ1) is 11.2. The monoisotopic (exact) mass is 393 g/mol. The van der Waals surface area contributed by atoms with Crippen molar-refractivity contribution in [3.05, 3.63) is 24.3 Å². The Kier molecular flexibility index (Phi) is 12.4. The minimum absolute atomic E-state index is 0. The molecule has 2 rings (SSSR count). The quantitative estimate of drug-likeness (QED) is 0.625. The number of anilines is 1. The molecule has 2 N–H and O–H groups in total. The summed E-state index contributed by atoms with van der Waals surface area (Å²) in [5.74, 6) is 1.42. The number of methoxy groups -OCH3 is 2. The number of amides is 1. The molecule has 25 heavy (non-hydrogen) atoms. The predicted octanol–water partition coefficient (Wildman–Crippen LogP) is 1.72. The second kappa shape index (κ2) is 13.1. The highest BCUT2D eigenvalue weighted by Crippen LogP contribution is 2.31. The summed E-state index contributed by atoms with van der Waals surface area (Å²) in [6.45, 7) is 4.30. The number of rotatable bonds is 9. The molecule has 0 spiro atoms. The van der Waals surface area contributed by atoms with Crippen LogP contribution in [0.4, 0.5) is 5.69 Å². The molecule has 1 atom stereocenters. The van der Waals surface area contributed by atoms with E-state index in [-0.39, 0.29) is 30.7 Å². The maximum absolute atomic E-state index is 11.8. The Morgan fingerprint density at radius 3 is 2.76 bits per heavy atom. The van der Waals surface area contributed by atoms with Crippen LogP contribution in [0.3, 0.4) is 0 Å². The average Bonchev–Trinajstić information content (AvgIpc) is 3.05. The summed E-state index contributed by atoms with van der Waals surface area (Å²) in [6.07, 6.45) is 1.08. The molecule has 0 aliphatic carbocycles. The van der Waals surface area contributed by atoms with Crippen molar-refractivity contribution in [3.63, 3.8) is 0 Å². The van der Waals surface area contributed by atoms with Gasteiger partial charge in [0.15, 0.2) is 0 Å². The van der Waals surface area contributed by atoms with Crippen LogP contribution in [0.5, 0.6) is 5.75 Å². The van der Waals surface area contributed by atoms with Gasteiger partial charge in [-0.1, -0.05) is 12.1 Å². The van der Waals surface area contributed by atoms with Crippen molar-refractivity contribution in [1.82, 2.24) is 10.6 Å². The number of para-hydroxylation sites is 2. The Morgan fingerprint density at radius 1 is 1.28 bits per heavy atom. The van der Waals surface area contributed by atoms with Crippen molar-refractivity contribution >= 4 is 36.4 Å². The molecule has 0 bridgehead atoms. The van der Waals surface area contributed by atoms with Gasteiger partial charge in [-0.15, -0.1) is 24.8 Å². The molecule has 1 aliphatic heterocycles. The molecule has 6 nitrogen and oxygen atoms in total. The summed E-state index contributed by atoms with van der Waals surface area (Å²) >= 11 is 0. The number of benzene rings is 1. The molecule has 0 aromatic heterocycles. The van der Waals surface area contributed by atoms with E-state index in [0.29, 0.717) is 25.6 Å².